The number of fused-ring (bicyclic) bond motifs is 1. The Labute approximate surface area is 137 Å². The predicted octanol–water partition coefficient (Wildman–Crippen LogP) is 3.45. The van der Waals surface area contributed by atoms with Crippen LogP contribution in [0, 0.1) is 0 Å². The third-order valence-electron chi connectivity index (χ3n) is 3.49. The van der Waals surface area contributed by atoms with E-state index in [9.17, 15) is 4.79 Å². The summed E-state index contributed by atoms with van der Waals surface area (Å²) >= 11 is 3.22. The molecule has 114 valence electrons. The van der Waals surface area contributed by atoms with Crippen molar-refractivity contribution in [2.45, 2.75) is 0 Å². The molecule has 0 fully saturated rings. The third-order valence-corrected chi connectivity index (χ3v) is 5.05. The molecule has 22 heavy (non-hydrogen) atoms. The topological polar surface area (TPSA) is 49.0 Å². The maximum absolute atomic E-state index is 12.3. The van der Waals surface area contributed by atoms with E-state index in [4.69, 9.17) is 4.98 Å². The van der Waals surface area contributed by atoms with E-state index < -0.39 is 0 Å². The lowest BCUT2D eigenvalue weighted by atomic mass is 10.1. The summed E-state index contributed by atoms with van der Waals surface area (Å²) < 4.78 is 0.681. The molecule has 3 rings (SSSR count). The Bertz CT molecular complexity index is 826. The first-order chi connectivity index (χ1) is 10.7. The van der Waals surface area contributed by atoms with Gasteiger partial charge in [0.15, 0.2) is 0 Å². The molecule has 0 bridgehead atoms. The van der Waals surface area contributed by atoms with Gasteiger partial charge in [-0.25, -0.2) is 4.98 Å². The minimum Gasteiger partial charge on any atom is -0.345 e. The molecule has 4 nitrogen and oxygen atoms in total. The van der Waals surface area contributed by atoms with E-state index >= 15 is 0 Å². The highest BCUT2D eigenvalue weighted by Gasteiger charge is 2.14. The fraction of sp³-hybridized carbons (Fsp3) is 0.250. The minimum atomic E-state index is -0.0665. The Morgan fingerprint density at radius 2 is 2.09 bits per heavy atom. The van der Waals surface area contributed by atoms with E-state index in [1.165, 1.54) is 11.3 Å². The second kappa shape index (κ2) is 6.54. The van der Waals surface area contributed by atoms with Crippen molar-refractivity contribution in [3.63, 3.8) is 0 Å². The SMILES string of the molecule is CSCCN(C)c1nc2c(-c3ccccc3)csc2c(=O)[nH]1. The van der Waals surface area contributed by atoms with Gasteiger partial charge >= 0.3 is 0 Å². The van der Waals surface area contributed by atoms with E-state index in [0.29, 0.717) is 10.6 Å². The molecule has 0 unspecified atom stereocenters. The molecular weight excluding hydrogens is 314 g/mol. The summed E-state index contributed by atoms with van der Waals surface area (Å²) in [4.78, 5) is 21.9. The molecule has 0 saturated heterocycles. The Morgan fingerprint density at radius 1 is 1.32 bits per heavy atom. The maximum atomic E-state index is 12.3. The van der Waals surface area contributed by atoms with Crippen molar-refractivity contribution in [3.8, 4) is 11.1 Å². The van der Waals surface area contributed by atoms with Crippen molar-refractivity contribution in [3.05, 3.63) is 46.1 Å². The number of nitrogens with zero attached hydrogens (tertiary/aromatic N) is 2. The second-order valence-electron chi connectivity index (χ2n) is 5.00. The van der Waals surface area contributed by atoms with Crippen LogP contribution >= 0.6 is 23.1 Å². The standard InChI is InChI=1S/C16H17N3OS2/c1-19(8-9-21-2)16-17-13-12(11-6-4-3-5-7-11)10-22-14(13)15(20)18-16/h3-7,10H,8-9H2,1-2H3,(H,17,18,20). The molecule has 2 heterocycles. The van der Waals surface area contributed by atoms with Crippen LogP contribution in [0.15, 0.2) is 40.5 Å². The molecule has 2 aromatic heterocycles. The van der Waals surface area contributed by atoms with Gasteiger partial charge in [0.2, 0.25) is 5.95 Å². The summed E-state index contributed by atoms with van der Waals surface area (Å²) in [6.07, 6.45) is 2.07. The number of H-pyrrole nitrogens is 1. The summed E-state index contributed by atoms with van der Waals surface area (Å²) in [6.45, 7) is 0.848. The van der Waals surface area contributed by atoms with Crippen molar-refractivity contribution in [2.24, 2.45) is 0 Å². The number of aromatic amines is 1. The quantitative estimate of drug-likeness (QED) is 0.778. The first-order valence-corrected chi connectivity index (χ1v) is 9.25. The van der Waals surface area contributed by atoms with Crippen LogP contribution in [-0.2, 0) is 0 Å². The smallest absolute Gasteiger partial charge is 0.270 e. The van der Waals surface area contributed by atoms with Crippen molar-refractivity contribution >= 4 is 39.3 Å². The number of thioether (sulfide) groups is 1. The summed E-state index contributed by atoms with van der Waals surface area (Å²) in [5.74, 6) is 1.62. The summed E-state index contributed by atoms with van der Waals surface area (Å²) in [6, 6.07) is 10.1. The molecule has 0 radical (unpaired) electrons. The zero-order chi connectivity index (χ0) is 15.5. The van der Waals surface area contributed by atoms with Gasteiger partial charge in [-0.15, -0.1) is 11.3 Å². The molecular formula is C16H17N3OS2. The van der Waals surface area contributed by atoms with Crippen molar-refractivity contribution in [1.29, 1.82) is 0 Å². The summed E-state index contributed by atoms with van der Waals surface area (Å²) in [5.41, 5.74) is 2.82. The highest BCUT2D eigenvalue weighted by atomic mass is 32.2. The lowest BCUT2D eigenvalue weighted by Crippen LogP contribution is -2.25. The van der Waals surface area contributed by atoms with Crippen molar-refractivity contribution in [1.82, 2.24) is 9.97 Å². The van der Waals surface area contributed by atoms with Gasteiger partial charge in [0.1, 0.15) is 4.70 Å². The summed E-state index contributed by atoms with van der Waals surface area (Å²) in [7, 11) is 1.95. The Morgan fingerprint density at radius 3 is 2.82 bits per heavy atom. The monoisotopic (exact) mass is 331 g/mol. The number of anilines is 1. The molecule has 0 atom stereocenters. The van der Waals surface area contributed by atoms with Crippen LogP contribution in [0.2, 0.25) is 0 Å². The first-order valence-electron chi connectivity index (χ1n) is 6.97. The van der Waals surface area contributed by atoms with E-state index in [0.717, 1.165) is 28.9 Å². The first kappa shape index (κ1) is 15.1. The molecule has 1 aromatic carbocycles. The number of benzene rings is 1. The Hall–Kier alpha value is -1.79. The van der Waals surface area contributed by atoms with Gasteiger partial charge in [-0.05, 0) is 11.8 Å². The van der Waals surface area contributed by atoms with Crippen LogP contribution in [0.3, 0.4) is 0 Å². The molecule has 0 spiro atoms. The van der Waals surface area contributed by atoms with Crippen molar-refractivity contribution < 1.29 is 0 Å². The average molecular weight is 331 g/mol. The summed E-state index contributed by atoms with van der Waals surface area (Å²) in [5, 5.41) is 2.01. The van der Waals surface area contributed by atoms with E-state index in [1.54, 1.807) is 11.8 Å². The predicted molar refractivity (Wildman–Crippen MR) is 97.3 cm³/mol. The third kappa shape index (κ3) is 2.89. The zero-order valence-corrected chi connectivity index (χ0v) is 14.1. The Kier molecular flexibility index (Phi) is 4.49. The van der Waals surface area contributed by atoms with Crippen LogP contribution in [-0.4, -0.2) is 35.6 Å². The highest BCUT2D eigenvalue weighted by molar-refractivity contribution is 7.98. The van der Waals surface area contributed by atoms with Gasteiger partial charge in [-0.1, -0.05) is 30.3 Å². The number of rotatable bonds is 5. The lowest BCUT2D eigenvalue weighted by molar-refractivity contribution is 0.911. The van der Waals surface area contributed by atoms with E-state index in [2.05, 4.69) is 11.2 Å². The van der Waals surface area contributed by atoms with Gasteiger partial charge < -0.3 is 4.90 Å². The molecule has 1 N–H and O–H groups in total. The van der Waals surface area contributed by atoms with Crippen molar-refractivity contribution in [2.75, 3.05) is 30.5 Å². The molecule has 0 amide bonds. The van der Waals surface area contributed by atoms with Gasteiger partial charge in [-0.2, -0.15) is 11.8 Å². The molecule has 3 aromatic rings. The number of hydrogen-bond donors (Lipinski definition) is 1. The number of hydrogen-bond acceptors (Lipinski definition) is 5. The minimum absolute atomic E-state index is 0.0665. The molecule has 0 aliphatic heterocycles. The number of nitrogens with one attached hydrogen (secondary N) is 1. The van der Waals surface area contributed by atoms with E-state index in [1.807, 2.05) is 47.7 Å². The fourth-order valence-electron chi connectivity index (χ4n) is 2.25. The lowest BCUT2D eigenvalue weighted by Gasteiger charge is -2.16. The molecule has 0 saturated carbocycles. The highest BCUT2D eigenvalue weighted by Crippen LogP contribution is 2.31. The molecule has 0 aliphatic rings. The average Bonchev–Trinajstić information content (AvgIpc) is 2.98. The largest absolute Gasteiger partial charge is 0.345 e. The number of aromatic nitrogens is 2. The van der Waals surface area contributed by atoms with Gasteiger partial charge in [0.05, 0.1) is 5.52 Å². The zero-order valence-electron chi connectivity index (χ0n) is 12.5. The number of thiophene rings is 1. The molecule has 6 heteroatoms. The van der Waals surface area contributed by atoms with Gasteiger partial charge in [-0.3, -0.25) is 9.78 Å². The second-order valence-corrected chi connectivity index (χ2v) is 6.86. The van der Waals surface area contributed by atoms with Crippen LogP contribution in [0.1, 0.15) is 0 Å². The van der Waals surface area contributed by atoms with E-state index in [-0.39, 0.29) is 5.56 Å². The van der Waals surface area contributed by atoms with Gasteiger partial charge in [0.25, 0.3) is 5.56 Å². The molecule has 0 aliphatic carbocycles. The van der Waals surface area contributed by atoms with Crippen LogP contribution in [0.4, 0.5) is 5.95 Å². The van der Waals surface area contributed by atoms with Gasteiger partial charge in [0, 0.05) is 30.3 Å². The van der Waals surface area contributed by atoms with Crippen LogP contribution in [0.5, 0.6) is 0 Å². The Balaban J connectivity index is 2.10. The normalized spacial score (nSPS) is 11.0. The van der Waals surface area contributed by atoms with Crippen LogP contribution in [0.25, 0.3) is 21.3 Å². The fourth-order valence-corrected chi connectivity index (χ4v) is 3.62. The van der Waals surface area contributed by atoms with Crippen LogP contribution < -0.4 is 10.5 Å². The maximum Gasteiger partial charge on any atom is 0.270 e.